The van der Waals surface area contributed by atoms with E-state index in [1.54, 1.807) is 44.2 Å². The molecule has 0 spiro atoms. The summed E-state index contributed by atoms with van der Waals surface area (Å²) in [5, 5.41) is 8.40. The molecule has 1 aromatic carbocycles. The highest BCUT2D eigenvalue weighted by molar-refractivity contribution is 7.89. The molecular formula is C15H18N2O4S. The Morgan fingerprint density at radius 2 is 1.95 bits per heavy atom. The molecule has 22 heavy (non-hydrogen) atoms. The van der Waals surface area contributed by atoms with Crippen molar-refractivity contribution in [3.63, 3.8) is 0 Å². The summed E-state index contributed by atoms with van der Waals surface area (Å²) >= 11 is 0. The van der Waals surface area contributed by atoms with E-state index in [4.69, 9.17) is 5.21 Å². The third-order valence-electron chi connectivity index (χ3n) is 2.62. The molecule has 0 radical (unpaired) electrons. The van der Waals surface area contributed by atoms with Gasteiger partial charge in [0.1, 0.15) is 0 Å². The van der Waals surface area contributed by atoms with Gasteiger partial charge in [-0.25, -0.2) is 13.9 Å². The monoisotopic (exact) mass is 322 g/mol. The highest BCUT2D eigenvalue weighted by Gasteiger charge is 2.14. The molecule has 1 amide bonds. The van der Waals surface area contributed by atoms with Crippen molar-refractivity contribution in [3.05, 3.63) is 59.8 Å². The fourth-order valence-electron chi connectivity index (χ4n) is 1.58. The van der Waals surface area contributed by atoms with Crippen LogP contribution in [0.3, 0.4) is 0 Å². The molecule has 0 aromatic heterocycles. The van der Waals surface area contributed by atoms with Gasteiger partial charge in [-0.3, -0.25) is 14.7 Å². The minimum Gasteiger partial charge on any atom is -0.288 e. The average Bonchev–Trinajstić information content (AvgIpc) is 2.52. The highest BCUT2D eigenvalue weighted by Crippen LogP contribution is 2.14. The summed E-state index contributed by atoms with van der Waals surface area (Å²) in [6, 6.07) is 6.08. The van der Waals surface area contributed by atoms with Gasteiger partial charge in [-0.15, -0.1) is 0 Å². The van der Waals surface area contributed by atoms with Gasteiger partial charge in [0.25, 0.3) is 15.9 Å². The van der Waals surface area contributed by atoms with Crippen LogP contribution in [0, 0.1) is 0 Å². The molecule has 0 saturated heterocycles. The lowest BCUT2D eigenvalue weighted by molar-refractivity contribution is -0.124. The summed E-state index contributed by atoms with van der Waals surface area (Å²) in [5.41, 5.74) is 2.43. The van der Waals surface area contributed by atoms with Crippen LogP contribution in [0.25, 0.3) is 6.08 Å². The Morgan fingerprint density at radius 3 is 2.55 bits per heavy atom. The van der Waals surface area contributed by atoms with Crippen LogP contribution in [-0.4, -0.2) is 19.5 Å². The summed E-state index contributed by atoms with van der Waals surface area (Å²) in [4.78, 5) is 11.0. The summed E-state index contributed by atoms with van der Waals surface area (Å²) in [7, 11) is -3.71. The van der Waals surface area contributed by atoms with Crippen molar-refractivity contribution in [1.82, 2.24) is 10.2 Å². The molecule has 0 bridgehead atoms. The lowest BCUT2D eigenvalue weighted by atomic mass is 10.2. The molecule has 7 heteroatoms. The van der Waals surface area contributed by atoms with Gasteiger partial charge < -0.3 is 0 Å². The SMILES string of the molecule is C/C=C\C(=C/C)NS(=O)(=O)c1cccc(/C=C/C(=O)NO)c1. The maximum atomic E-state index is 12.3. The molecule has 118 valence electrons. The van der Waals surface area contributed by atoms with E-state index < -0.39 is 15.9 Å². The quantitative estimate of drug-likeness (QED) is 0.323. The number of carbonyl (C=O) groups is 1. The Bertz CT molecular complexity index is 719. The maximum Gasteiger partial charge on any atom is 0.267 e. The Balaban J connectivity index is 3.06. The van der Waals surface area contributed by atoms with E-state index in [1.165, 1.54) is 23.7 Å². The summed E-state index contributed by atoms with van der Waals surface area (Å²) in [5.74, 6) is -0.698. The van der Waals surface area contributed by atoms with E-state index in [1.807, 2.05) is 0 Å². The third-order valence-corrected chi connectivity index (χ3v) is 3.99. The van der Waals surface area contributed by atoms with Crippen LogP contribution in [0.2, 0.25) is 0 Å². The number of amides is 1. The second-order valence-electron chi connectivity index (χ2n) is 4.23. The van der Waals surface area contributed by atoms with E-state index in [-0.39, 0.29) is 4.90 Å². The van der Waals surface area contributed by atoms with Crippen molar-refractivity contribution in [2.24, 2.45) is 0 Å². The number of sulfonamides is 1. The molecule has 1 aromatic rings. The van der Waals surface area contributed by atoms with Crippen LogP contribution in [-0.2, 0) is 14.8 Å². The van der Waals surface area contributed by atoms with Gasteiger partial charge >= 0.3 is 0 Å². The molecular weight excluding hydrogens is 304 g/mol. The first-order chi connectivity index (χ1) is 10.4. The zero-order chi connectivity index (χ0) is 16.6. The molecule has 0 aliphatic carbocycles. The zero-order valence-corrected chi connectivity index (χ0v) is 13.1. The van der Waals surface area contributed by atoms with Crippen LogP contribution in [0.4, 0.5) is 0 Å². The molecule has 0 aliphatic heterocycles. The number of hydroxylamine groups is 1. The van der Waals surface area contributed by atoms with Crippen LogP contribution in [0.15, 0.2) is 59.2 Å². The van der Waals surface area contributed by atoms with Gasteiger partial charge in [-0.2, -0.15) is 0 Å². The fourth-order valence-corrected chi connectivity index (χ4v) is 2.74. The molecule has 0 saturated carbocycles. The Morgan fingerprint density at radius 1 is 1.23 bits per heavy atom. The topological polar surface area (TPSA) is 95.5 Å². The van der Waals surface area contributed by atoms with Crippen LogP contribution < -0.4 is 10.2 Å². The predicted molar refractivity (Wildman–Crippen MR) is 84.3 cm³/mol. The molecule has 3 N–H and O–H groups in total. The second-order valence-corrected chi connectivity index (χ2v) is 5.91. The van der Waals surface area contributed by atoms with Crippen molar-refractivity contribution >= 4 is 22.0 Å². The lowest BCUT2D eigenvalue weighted by Gasteiger charge is -2.09. The van der Waals surface area contributed by atoms with Gasteiger partial charge in [0, 0.05) is 11.8 Å². The number of carbonyl (C=O) groups excluding carboxylic acids is 1. The second kappa shape index (κ2) is 8.16. The van der Waals surface area contributed by atoms with E-state index in [0.717, 1.165) is 6.08 Å². The number of rotatable bonds is 6. The molecule has 6 nitrogen and oxygen atoms in total. The first-order valence-corrected chi connectivity index (χ1v) is 7.95. The Hall–Kier alpha value is -2.38. The van der Waals surface area contributed by atoms with Gasteiger partial charge in [-0.1, -0.05) is 24.3 Å². The van der Waals surface area contributed by atoms with Crippen LogP contribution in [0.5, 0.6) is 0 Å². The lowest BCUT2D eigenvalue weighted by Crippen LogP contribution is -2.22. The van der Waals surface area contributed by atoms with E-state index in [9.17, 15) is 13.2 Å². The number of hydrogen-bond donors (Lipinski definition) is 3. The summed E-state index contributed by atoms with van der Waals surface area (Å²) in [6.07, 6.45) is 7.51. The van der Waals surface area contributed by atoms with E-state index in [2.05, 4.69) is 4.72 Å². The van der Waals surface area contributed by atoms with Gasteiger partial charge in [0.15, 0.2) is 0 Å². The smallest absolute Gasteiger partial charge is 0.267 e. The average molecular weight is 322 g/mol. The standard InChI is InChI=1S/C15H18N2O4S/c1-3-6-13(4-2)17-22(20,21)14-8-5-7-12(11-14)9-10-15(18)16-19/h3-11,17,19H,1-2H3,(H,16,18)/b6-3-,10-9+,13-4+. The maximum absolute atomic E-state index is 12.3. The Kier molecular flexibility index (Phi) is 6.55. The van der Waals surface area contributed by atoms with E-state index >= 15 is 0 Å². The molecule has 0 fully saturated rings. The number of hydrogen-bond acceptors (Lipinski definition) is 4. The Labute approximate surface area is 129 Å². The first-order valence-electron chi connectivity index (χ1n) is 6.47. The summed E-state index contributed by atoms with van der Waals surface area (Å²) < 4.78 is 27.1. The predicted octanol–water partition coefficient (Wildman–Crippen LogP) is 1.96. The van der Waals surface area contributed by atoms with Gasteiger partial charge in [0.2, 0.25) is 0 Å². The zero-order valence-electron chi connectivity index (χ0n) is 12.3. The molecule has 1 rings (SSSR count). The minimum atomic E-state index is -3.71. The number of allylic oxidation sites excluding steroid dienone is 3. The van der Waals surface area contributed by atoms with Gasteiger partial charge in [0.05, 0.1) is 4.90 Å². The molecule has 0 atom stereocenters. The molecule has 0 heterocycles. The van der Waals surface area contributed by atoms with Crippen LogP contribution in [0.1, 0.15) is 19.4 Å². The largest absolute Gasteiger partial charge is 0.288 e. The fraction of sp³-hybridized carbons (Fsp3) is 0.133. The van der Waals surface area contributed by atoms with Crippen molar-refractivity contribution in [1.29, 1.82) is 0 Å². The normalized spacial score (nSPS) is 12.8. The highest BCUT2D eigenvalue weighted by atomic mass is 32.2. The molecule has 0 unspecified atom stereocenters. The third kappa shape index (κ3) is 5.19. The number of nitrogens with one attached hydrogen (secondary N) is 2. The minimum absolute atomic E-state index is 0.0721. The van der Waals surface area contributed by atoms with Crippen molar-refractivity contribution in [2.75, 3.05) is 0 Å². The van der Waals surface area contributed by atoms with Crippen molar-refractivity contribution in [3.8, 4) is 0 Å². The van der Waals surface area contributed by atoms with E-state index in [0.29, 0.717) is 11.3 Å². The van der Waals surface area contributed by atoms with Crippen molar-refractivity contribution < 1.29 is 18.4 Å². The number of benzene rings is 1. The van der Waals surface area contributed by atoms with Crippen molar-refractivity contribution in [2.45, 2.75) is 18.7 Å². The summed E-state index contributed by atoms with van der Waals surface area (Å²) in [6.45, 7) is 3.51. The van der Waals surface area contributed by atoms with Gasteiger partial charge in [-0.05, 0) is 43.7 Å². The first kappa shape index (κ1) is 17.7. The molecule has 0 aliphatic rings. The van der Waals surface area contributed by atoms with Crippen LogP contribution >= 0.6 is 0 Å².